The molecule has 33 heavy (non-hydrogen) atoms. The number of nitrogens with one attached hydrogen (secondary N) is 4. The van der Waals surface area contributed by atoms with Crippen LogP contribution in [0, 0.1) is 29.6 Å². The van der Waals surface area contributed by atoms with Gasteiger partial charge in [0.25, 0.3) is 0 Å². The number of aromatic amines is 1. The Morgan fingerprint density at radius 1 is 1.12 bits per heavy atom. The molecule has 3 heterocycles. The molecule has 1 aromatic carbocycles. The average Bonchev–Trinajstić information content (AvgIpc) is 3.26. The summed E-state index contributed by atoms with van der Waals surface area (Å²) in [4.78, 5) is 4.66. The third-order valence-corrected chi connectivity index (χ3v) is 5.53. The minimum absolute atomic E-state index is 0.288. The standard InChI is InChI=1S/C24H26N8O/c1-16-11-23(32-31-16)29-22-13-20(18-5-7-27-8-6-18)21(15-26)24(30-22)28-9-10-33-19-4-2-3-17(12-19)14-25/h2-4,11-13,18,27H,5-10H2,1H3,(H3,28,29,30,31,32). The number of pyridine rings is 1. The van der Waals surface area contributed by atoms with Gasteiger partial charge in [-0.1, -0.05) is 6.07 Å². The number of aryl methyl sites for hydroxylation is 1. The zero-order valence-electron chi connectivity index (χ0n) is 18.5. The molecular formula is C24H26N8O. The highest BCUT2D eigenvalue weighted by Crippen LogP contribution is 2.33. The molecule has 0 aliphatic carbocycles. The van der Waals surface area contributed by atoms with Crippen LogP contribution in [0.1, 0.15) is 41.1 Å². The molecular weight excluding hydrogens is 416 g/mol. The minimum atomic E-state index is 0.288. The van der Waals surface area contributed by atoms with Crippen molar-refractivity contribution in [2.45, 2.75) is 25.7 Å². The number of piperidine rings is 1. The fraction of sp³-hybridized carbons (Fsp3) is 0.333. The van der Waals surface area contributed by atoms with Crippen molar-refractivity contribution in [1.29, 1.82) is 10.5 Å². The van der Waals surface area contributed by atoms with E-state index in [1.807, 2.05) is 25.1 Å². The summed E-state index contributed by atoms with van der Waals surface area (Å²) >= 11 is 0. The maximum Gasteiger partial charge on any atom is 0.153 e. The number of benzene rings is 1. The summed E-state index contributed by atoms with van der Waals surface area (Å²) < 4.78 is 5.76. The lowest BCUT2D eigenvalue weighted by atomic mass is 9.87. The second-order valence-electron chi connectivity index (χ2n) is 7.93. The van der Waals surface area contributed by atoms with E-state index in [1.165, 1.54) is 0 Å². The second kappa shape index (κ2) is 10.5. The van der Waals surface area contributed by atoms with Gasteiger partial charge in [0.15, 0.2) is 5.82 Å². The molecule has 0 bridgehead atoms. The van der Waals surface area contributed by atoms with E-state index in [9.17, 15) is 5.26 Å². The second-order valence-corrected chi connectivity index (χ2v) is 7.93. The number of nitrogens with zero attached hydrogens (tertiary/aromatic N) is 4. The van der Waals surface area contributed by atoms with E-state index in [0.717, 1.165) is 37.2 Å². The Kier molecular flexibility index (Phi) is 7.03. The normalized spacial score (nSPS) is 13.7. The van der Waals surface area contributed by atoms with Crippen molar-refractivity contribution < 1.29 is 4.74 Å². The predicted molar refractivity (Wildman–Crippen MR) is 126 cm³/mol. The lowest BCUT2D eigenvalue weighted by Crippen LogP contribution is -2.27. The van der Waals surface area contributed by atoms with Gasteiger partial charge in [-0.25, -0.2) is 4.98 Å². The van der Waals surface area contributed by atoms with Crippen LogP contribution in [0.15, 0.2) is 36.4 Å². The number of aromatic nitrogens is 3. The third kappa shape index (κ3) is 5.59. The van der Waals surface area contributed by atoms with Gasteiger partial charge in [-0.05, 0) is 68.6 Å². The van der Waals surface area contributed by atoms with Crippen LogP contribution in [0.4, 0.5) is 17.5 Å². The highest BCUT2D eigenvalue weighted by molar-refractivity contribution is 5.64. The first kappa shape index (κ1) is 22.1. The lowest BCUT2D eigenvalue weighted by Gasteiger charge is -2.25. The van der Waals surface area contributed by atoms with Crippen LogP contribution in [0.3, 0.4) is 0 Å². The highest BCUT2D eigenvalue weighted by atomic mass is 16.5. The van der Waals surface area contributed by atoms with Crippen molar-refractivity contribution in [3.8, 4) is 17.9 Å². The SMILES string of the molecule is Cc1cc(Nc2cc(C3CCNCC3)c(C#N)c(NCCOc3cccc(C#N)c3)n2)n[nH]1. The molecule has 1 saturated heterocycles. The van der Waals surface area contributed by atoms with Crippen molar-refractivity contribution in [3.63, 3.8) is 0 Å². The van der Waals surface area contributed by atoms with Crippen LogP contribution in [0.5, 0.6) is 5.75 Å². The molecule has 168 valence electrons. The van der Waals surface area contributed by atoms with E-state index in [2.05, 4.69) is 43.3 Å². The van der Waals surface area contributed by atoms with Gasteiger partial charge in [0.2, 0.25) is 0 Å². The van der Waals surface area contributed by atoms with Crippen molar-refractivity contribution in [2.24, 2.45) is 0 Å². The van der Waals surface area contributed by atoms with E-state index in [0.29, 0.717) is 47.5 Å². The third-order valence-electron chi connectivity index (χ3n) is 5.53. The maximum absolute atomic E-state index is 9.96. The maximum atomic E-state index is 9.96. The number of hydrogen-bond donors (Lipinski definition) is 4. The molecule has 3 aromatic rings. The van der Waals surface area contributed by atoms with E-state index in [4.69, 9.17) is 10.00 Å². The number of anilines is 3. The number of rotatable bonds is 8. The number of nitriles is 2. The summed E-state index contributed by atoms with van der Waals surface area (Å²) in [6.07, 6.45) is 1.94. The first-order valence-electron chi connectivity index (χ1n) is 11.0. The Hall–Kier alpha value is -4.08. The summed E-state index contributed by atoms with van der Waals surface area (Å²) in [5, 5.41) is 36.0. The summed E-state index contributed by atoms with van der Waals surface area (Å²) in [5.74, 6) is 2.75. The molecule has 0 atom stereocenters. The Morgan fingerprint density at radius 2 is 1.97 bits per heavy atom. The molecule has 0 radical (unpaired) electrons. The van der Waals surface area contributed by atoms with E-state index in [1.54, 1.807) is 18.2 Å². The monoisotopic (exact) mass is 442 g/mol. The van der Waals surface area contributed by atoms with Gasteiger partial charge in [-0.15, -0.1) is 0 Å². The van der Waals surface area contributed by atoms with Gasteiger partial charge in [-0.2, -0.15) is 15.6 Å². The van der Waals surface area contributed by atoms with Gasteiger partial charge < -0.3 is 20.7 Å². The van der Waals surface area contributed by atoms with Gasteiger partial charge in [0.05, 0.1) is 23.7 Å². The van der Waals surface area contributed by atoms with Gasteiger partial charge >= 0.3 is 0 Å². The molecule has 1 aliphatic heterocycles. The topological polar surface area (TPSA) is 134 Å². The van der Waals surface area contributed by atoms with Gasteiger partial charge in [-0.3, -0.25) is 5.10 Å². The fourth-order valence-electron chi connectivity index (χ4n) is 3.94. The largest absolute Gasteiger partial charge is 0.492 e. The molecule has 0 unspecified atom stereocenters. The number of ether oxygens (including phenoxy) is 1. The summed E-state index contributed by atoms with van der Waals surface area (Å²) in [6.45, 7) is 4.61. The Balaban J connectivity index is 1.53. The smallest absolute Gasteiger partial charge is 0.153 e. The minimum Gasteiger partial charge on any atom is -0.492 e. The van der Waals surface area contributed by atoms with Crippen molar-refractivity contribution in [2.75, 3.05) is 36.9 Å². The van der Waals surface area contributed by atoms with E-state index < -0.39 is 0 Å². The van der Waals surface area contributed by atoms with Crippen molar-refractivity contribution >= 4 is 17.5 Å². The zero-order chi connectivity index (χ0) is 23.0. The molecule has 0 spiro atoms. The van der Waals surface area contributed by atoms with Crippen molar-refractivity contribution in [1.82, 2.24) is 20.5 Å². The quantitative estimate of drug-likeness (QED) is 0.389. The lowest BCUT2D eigenvalue weighted by molar-refractivity contribution is 0.332. The molecule has 9 nitrogen and oxygen atoms in total. The van der Waals surface area contributed by atoms with Crippen LogP contribution in [-0.4, -0.2) is 41.4 Å². The summed E-state index contributed by atoms with van der Waals surface area (Å²) in [7, 11) is 0. The first-order chi connectivity index (χ1) is 16.2. The Bertz CT molecular complexity index is 1180. The molecule has 1 aliphatic rings. The average molecular weight is 443 g/mol. The molecule has 0 saturated carbocycles. The molecule has 2 aromatic heterocycles. The van der Waals surface area contributed by atoms with Gasteiger partial charge in [0, 0.05) is 11.8 Å². The van der Waals surface area contributed by atoms with E-state index >= 15 is 0 Å². The van der Waals surface area contributed by atoms with Crippen molar-refractivity contribution in [3.05, 3.63) is 58.8 Å². The van der Waals surface area contributed by atoms with Gasteiger partial charge in [0.1, 0.15) is 30.1 Å². The molecule has 1 fully saturated rings. The number of H-pyrrole nitrogens is 1. The zero-order valence-corrected chi connectivity index (χ0v) is 18.5. The molecule has 9 heteroatoms. The molecule has 0 amide bonds. The Labute approximate surface area is 192 Å². The van der Waals surface area contributed by atoms with Crippen LogP contribution < -0.4 is 20.7 Å². The van der Waals surface area contributed by atoms with Crippen LogP contribution in [0.2, 0.25) is 0 Å². The highest BCUT2D eigenvalue weighted by Gasteiger charge is 2.22. The van der Waals surface area contributed by atoms with Crippen LogP contribution in [0.25, 0.3) is 0 Å². The molecule has 4 N–H and O–H groups in total. The first-order valence-corrected chi connectivity index (χ1v) is 11.0. The predicted octanol–water partition coefficient (Wildman–Crippen LogP) is 3.56. The summed E-state index contributed by atoms with van der Waals surface area (Å²) in [6, 6.07) is 15.4. The van der Waals surface area contributed by atoms with E-state index in [-0.39, 0.29) is 5.92 Å². The summed E-state index contributed by atoms with van der Waals surface area (Å²) in [5.41, 5.74) is 3.06. The Morgan fingerprint density at radius 3 is 2.70 bits per heavy atom. The van der Waals surface area contributed by atoms with Crippen LogP contribution >= 0.6 is 0 Å². The van der Waals surface area contributed by atoms with Crippen LogP contribution in [-0.2, 0) is 0 Å². The number of hydrogen-bond acceptors (Lipinski definition) is 8. The fourth-order valence-corrected chi connectivity index (χ4v) is 3.94. The molecule has 4 rings (SSSR count).